The van der Waals surface area contributed by atoms with Crippen LogP contribution in [0.2, 0.25) is 0 Å². The normalized spacial score (nSPS) is 14.9. The maximum Gasteiger partial charge on any atom is 0.225 e. The Morgan fingerprint density at radius 3 is 2.55 bits per heavy atom. The number of hydrogen-bond acceptors (Lipinski definition) is 6. The van der Waals surface area contributed by atoms with E-state index in [1.165, 1.54) is 0 Å². The first kappa shape index (κ1) is 18.9. The zero-order valence-corrected chi connectivity index (χ0v) is 16.5. The fourth-order valence-corrected chi connectivity index (χ4v) is 3.33. The van der Waals surface area contributed by atoms with Gasteiger partial charge in [-0.2, -0.15) is 0 Å². The molecule has 1 aliphatic rings. The van der Waals surface area contributed by atoms with Gasteiger partial charge in [0.05, 0.1) is 6.54 Å². The molecule has 1 N–H and O–H groups in total. The Bertz CT molecular complexity index is 916. The second-order valence-corrected chi connectivity index (χ2v) is 6.65. The molecule has 0 spiro atoms. The van der Waals surface area contributed by atoms with Crippen molar-refractivity contribution in [2.45, 2.75) is 13.5 Å². The van der Waals surface area contributed by atoms with E-state index in [1.54, 1.807) is 31.1 Å². The molecule has 3 aromatic heterocycles. The van der Waals surface area contributed by atoms with Gasteiger partial charge in [0, 0.05) is 69.3 Å². The first-order chi connectivity index (χ1) is 14.3. The van der Waals surface area contributed by atoms with E-state index in [-0.39, 0.29) is 0 Å². The number of pyridine rings is 1. The number of nitrogens with one attached hydrogen (secondary N) is 1. The van der Waals surface area contributed by atoms with Gasteiger partial charge in [-0.3, -0.25) is 4.57 Å². The van der Waals surface area contributed by atoms with Crippen LogP contribution in [0.25, 0.3) is 5.82 Å². The Kier molecular flexibility index (Phi) is 5.94. The molecule has 4 heterocycles. The molecule has 150 valence electrons. The summed E-state index contributed by atoms with van der Waals surface area (Å²) in [5, 5.41) is 3.42. The quantitative estimate of drug-likeness (QED) is 0.519. The highest BCUT2D eigenvalue weighted by molar-refractivity contribution is 5.80. The second kappa shape index (κ2) is 9.13. The molecule has 0 aliphatic carbocycles. The van der Waals surface area contributed by atoms with Crippen molar-refractivity contribution in [1.29, 1.82) is 0 Å². The minimum atomic E-state index is 0.547. The van der Waals surface area contributed by atoms with Gasteiger partial charge in [-0.05, 0) is 19.1 Å². The van der Waals surface area contributed by atoms with E-state index in [0.717, 1.165) is 56.0 Å². The lowest BCUT2D eigenvalue weighted by molar-refractivity contribution is 0.370. The average Bonchev–Trinajstić information content (AvgIpc) is 3.32. The van der Waals surface area contributed by atoms with E-state index >= 15 is 0 Å². The van der Waals surface area contributed by atoms with E-state index in [9.17, 15) is 0 Å². The van der Waals surface area contributed by atoms with Gasteiger partial charge in [0.1, 0.15) is 12.1 Å². The highest BCUT2D eigenvalue weighted by Gasteiger charge is 2.21. The van der Waals surface area contributed by atoms with Crippen molar-refractivity contribution in [3.8, 4) is 5.82 Å². The number of nitrogens with zero attached hydrogens (tertiary/aromatic N) is 8. The molecule has 3 aromatic rings. The van der Waals surface area contributed by atoms with E-state index < -0.39 is 0 Å². The maximum atomic E-state index is 4.88. The molecule has 0 unspecified atom stereocenters. The zero-order valence-electron chi connectivity index (χ0n) is 16.5. The first-order valence-corrected chi connectivity index (χ1v) is 9.82. The highest BCUT2D eigenvalue weighted by atomic mass is 15.4. The van der Waals surface area contributed by atoms with Crippen LogP contribution in [0.3, 0.4) is 0 Å². The van der Waals surface area contributed by atoms with Crippen molar-refractivity contribution < 1.29 is 0 Å². The number of aromatic nitrogens is 5. The summed E-state index contributed by atoms with van der Waals surface area (Å²) in [4.78, 5) is 26.7. The van der Waals surface area contributed by atoms with Crippen LogP contribution in [0.5, 0.6) is 0 Å². The molecule has 1 fully saturated rings. The number of anilines is 1. The Morgan fingerprint density at radius 2 is 1.83 bits per heavy atom. The third-order valence-corrected chi connectivity index (χ3v) is 4.76. The van der Waals surface area contributed by atoms with Crippen molar-refractivity contribution in [2.75, 3.05) is 37.6 Å². The highest BCUT2D eigenvalue weighted by Crippen LogP contribution is 2.13. The second-order valence-electron chi connectivity index (χ2n) is 6.65. The third-order valence-electron chi connectivity index (χ3n) is 4.76. The zero-order chi connectivity index (χ0) is 19.9. The first-order valence-electron chi connectivity index (χ1n) is 9.82. The monoisotopic (exact) mass is 391 g/mol. The van der Waals surface area contributed by atoms with Crippen LogP contribution in [-0.2, 0) is 6.54 Å². The molecule has 1 saturated heterocycles. The summed E-state index contributed by atoms with van der Waals surface area (Å²) in [6.45, 7) is 6.92. The Balaban J connectivity index is 1.46. The standard InChI is InChI=1S/C20H25N9/c1-2-22-19(27-11-13-28(14-12-27)20-24-7-4-8-25-20)26-15-17-5-3-6-23-18(17)29-10-9-21-16-29/h3-10,16H,2,11-15H2,1H3,(H,22,26). The van der Waals surface area contributed by atoms with Gasteiger partial charge in [0.2, 0.25) is 5.95 Å². The van der Waals surface area contributed by atoms with Gasteiger partial charge < -0.3 is 15.1 Å². The maximum absolute atomic E-state index is 4.88. The number of hydrogen-bond donors (Lipinski definition) is 1. The molecule has 9 nitrogen and oxygen atoms in total. The number of imidazole rings is 1. The average molecular weight is 391 g/mol. The molecule has 0 aromatic carbocycles. The number of rotatable bonds is 5. The summed E-state index contributed by atoms with van der Waals surface area (Å²) in [6.07, 6.45) is 10.8. The summed E-state index contributed by atoms with van der Waals surface area (Å²) < 4.78 is 1.91. The molecule has 4 rings (SSSR count). The number of guanidine groups is 1. The van der Waals surface area contributed by atoms with Gasteiger partial charge in [0.25, 0.3) is 0 Å². The third kappa shape index (κ3) is 4.50. The molecule has 9 heteroatoms. The SMILES string of the molecule is CCNC(=NCc1cccnc1-n1ccnc1)N1CCN(c2ncccn2)CC1. The molecular weight excluding hydrogens is 366 g/mol. The molecular formula is C20H25N9. The van der Waals surface area contributed by atoms with Crippen molar-refractivity contribution in [3.05, 3.63) is 61.1 Å². The predicted molar refractivity (Wildman–Crippen MR) is 112 cm³/mol. The molecule has 1 aliphatic heterocycles. The number of aliphatic imine (C=N–C) groups is 1. The van der Waals surface area contributed by atoms with E-state index in [4.69, 9.17) is 4.99 Å². The molecule has 0 atom stereocenters. The molecule has 0 saturated carbocycles. The summed E-state index contributed by atoms with van der Waals surface area (Å²) in [5.74, 6) is 2.56. The minimum Gasteiger partial charge on any atom is -0.357 e. The fourth-order valence-electron chi connectivity index (χ4n) is 3.33. The molecule has 0 radical (unpaired) electrons. The van der Waals surface area contributed by atoms with Crippen LogP contribution in [0.15, 0.2) is 60.5 Å². The summed E-state index contributed by atoms with van der Waals surface area (Å²) in [6, 6.07) is 5.84. The summed E-state index contributed by atoms with van der Waals surface area (Å²) in [7, 11) is 0. The van der Waals surface area contributed by atoms with Gasteiger partial charge in [-0.1, -0.05) is 6.07 Å². The lowest BCUT2D eigenvalue weighted by atomic mass is 10.2. The summed E-state index contributed by atoms with van der Waals surface area (Å²) in [5.41, 5.74) is 1.05. The van der Waals surface area contributed by atoms with Crippen molar-refractivity contribution in [3.63, 3.8) is 0 Å². The molecule has 29 heavy (non-hydrogen) atoms. The topological polar surface area (TPSA) is 87.4 Å². The Hall–Kier alpha value is -3.49. The van der Waals surface area contributed by atoms with Crippen molar-refractivity contribution in [1.82, 2.24) is 34.7 Å². The van der Waals surface area contributed by atoms with Crippen LogP contribution in [-0.4, -0.2) is 68.1 Å². The van der Waals surface area contributed by atoms with E-state index in [2.05, 4.69) is 48.0 Å². The van der Waals surface area contributed by atoms with Gasteiger partial charge >= 0.3 is 0 Å². The van der Waals surface area contributed by atoms with Crippen LogP contribution >= 0.6 is 0 Å². The summed E-state index contributed by atoms with van der Waals surface area (Å²) >= 11 is 0. The van der Waals surface area contributed by atoms with Crippen LogP contribution < -0.4 is 10.2 Å². The van der Waals surface area contributed by atoms with Crippen LogP contribution in [0.4, 0.5) is 5.95 Å². The Morgan fingerprint density at radius 1 is 1.03 bits per heavy atom. The van der Waals surface area contributed by atoms with Crippen molar-refractivity contribution >= 4 is 11.9 Å². The molecule has 0 bridgehead atoms. The fraction of sp³-hybridized carbons (Fsp3) is 0.350. The van der Waals surface area contributed by atoms with Crippen LogP contribution in [0.1, 0.15) is 12.5 Å². The minimum absolute atomic E-state index is 0.547. The van der Waals surface area contributed by atoms with Gasteiger partial charge in [-0.15, -0.1) is 0 Å². The molecule has 0 amide bonds. The Labute approximate surface area is 170 Å². The lowest BCUT2D eigenvalue weighted by Gasteiger charge is -2.36. The predicted octanol–water partition coefficient (Wildman–Crippen LogP) is 1.34. The van der Waals surface area contributed by atoms with Gasteiger partial charge in [-0.25, -0.2) is 24.9 Å². The number of piperazine rings is 1. The van der Waals surface area contributed by atoms with E-state index in [0.29, 0.717) is 6.54 Å². The van der Waals surface area contributed by atoms with Gasteiger partial charge in [0.15, 0.2) is 5.96 Å². The van der Waals surface area contributed by atoms with Crippen LogP contribution in [0, 0.1) is 0 Å². The van der Waals surface area contributed by atoms with Crippen molar-refractivity contribution in [2.24, 2.45) is 4.99 Å². The largest absolute Gasteiger partial charge is 0.357 e. The van der Waals surface area contributed by atoms with E-state index in [1.807, 2.05) is 22.9 Å². The lowest BCUT2D eigenvalue weighted by Crippen LogP contribution is -2.53. The smallest absolute Gasteiger partial charge is 0.225 e.